The molecule has 0 unspecified atom stereocenters. The monoisotopic (exact) mass is 238 g/mol. The zero-order chi connectivity index (χ0) is 12.3. The van der Waals surface area contributed by atoms with Gasteiger partial charge in [-0.3, -0.25) is 0 Å². The molecule has 16 heavy (non-hydrogen) atoms. The molecule has 0 aromatic heterocycles. The van der Waals surface area contributed by atoms with E-state index in [-0.39, 0.29) is 0 Å². The average Bonchev–Trinajstić information content (AvgIpc) is 2.15. The Kier molecular flexibility index (Phi) is 3.88. The molecule has 3 nitrogen and oxygen atoms in total. The number of rotatable bonds is 4. The number of para-hydroxylation sites is 1. The fraction of sp³-hybridized carbons (Fsp3) is 0.417. The summed E-state index contributed by atoms with van der Waals surface area (Å²) in [5, 5.41) is 9.77. The van der Waals surface area contributed by atoms with Crippen molar-refractivity contribution in [1.29, 1.82) is 0 Å². The first kappa shape index (κ1) is 12.9. The normalized spacial score (nSPS) is 11.2. The van der Waals surface area contributed by atoms with Crippen LogP contribution in [0.5, 0.6) is 0 Å². The van der Waals surface area contributed by atoms with Gasteiger partial charge < -0.3 is 15.7 Å². The summed E-state index contributed by atoms with van der Waals surface area (Å²) in [6.07, 6.45) is 0. The number of benzene rings is 1. The molecule has 0 heterocycles. The summed E-state index contributed by atoms with van der Waals surface area (Å²) in [5.74, 6) is 0. The first-order valence-corrected chi connectivity index (χ1v) is 5.54. The summed E-state index contributed by atoms with van der Waals surface area (Å²) in [5.41, 5.74) is 6.69. The van der Waals surface area contributed by atoms with Crippen LogP contribution in [0.1, 0.15) is 19.4 Å². The maximum atomic E-state index is 9.77. The van der Waals surface area contributed by atoms with Crippen molar-refractivity contribution in [1.82, 2.24) is 0 Å². The van der Waals surface area contributed by atoms with Crippen molar-refractivity contribution in [3.8, 4) is 0 Å². The number of hydrogen-bond donors (Lipinski definition) is 2. The van der Waals surface area contributed by atoms with Crippen LogP contribution in [0.15, 0.2) is 24.3 Å². The summed E-state index contributed by atoms with van der Waals surface area (Å²) in [6.45, 7) is 4.06. The number of thiocarbonyl (C=S) groups is 1. The van der Waals surface area contributed by atoms with Crippen LogP contribution in [0, 0.1) is 0 Å². The smallest absolute Gasteiger partial charge is 0.106 e. The highest BCUT2D eigenvalue weighted by Gasteiger charge is 2.17. The third-order valence-corrected chi connectivity index (χ3v) is 2.42. The van der Waals surface area contributed by atoms with Gasteiger partial charge >= 0.3 is 0 Å². The second-order valence-corrected chi connectivity index (χ2v) is 4.99. The minimum Gasteiger partial charge on any atom is -0.389 e. The summed E-state index contributed by atoms with van der Waals surface area (Å²) >= 11 is 5.00. The molecule has 1 aromatic carbocycles. The van der Waals surface area contributed by atoms with Gasteiger partial charge in [0.05, 0.1) is 5.60 Å². The molecule has 0 aliphatic heterocycles. The molecule has 3 N–H and O–H groups in total. The van der Waals surface area contributed by atoms with Crippen LogP contribution in [0.25, 0.3) is 0 Å². The van der Waals surface area contributed by atoms with E-state index in [1.54, 1.807) is 13.8 Å². The fourth-order valence-corrected chi connectivity index (χ4v) is 1.85. The van der Waals surface area contributed by atoms with Gasteiger partial charge in [0.25, 0.3) is 0 Å². The molecule has 1 rings (SSSR count). The quantitative estimate of drug-likeness (QED) is 0.781. The molecule has 0 fully saturated rings. The average molecular weight is 238 g/mol. The minimum atomic E-state index is -0.752. The van der Waals surface area contributed by atoms with E-state index in [0.29, 0.717) is 11.5 Å². The van der Waals surface area contributed by atoms with E-state index >= 15 is 0 Å². The maximum absolute atomic E-state index is 9.77. The Morgan fingerprint density at radius 3 is 2.50 bits per heavy atom. The summed E-state index contributed by atoms with van der Waals surface area (Å²) in [7, 11) is 1.91. The third kappa shape index (κ3) is 3.47. The zero-order valence-corrected chi connectivity index (χ0v) is 10.7. The third-order valence-electron chi connectivity index (χ3n) is 2.20. The van der Waals surface area contributed by atoms with Gasteiger partial charge in [0.15, 0.2) is 0 Å². The minimum absolute atomic E-state index is 0.373. The van der Waals surface area contributed by atoms with Crippen molar-refractivity contribution in [3.63, 3.8) is 0 Å². The van der Waals surface area contributed by atoms with Gasteiger partial charge in [-0.05, 0) is 26.0 Å². The molecular weight excluding hydrogens is 220 g/mol. The summed E-state index contributed by atoms with van der Waals surface area (Å²) in [4.78, 5) is 2.33. The molecule has 0 radical (unpaired) electrons. The van der Waals surface area contributed by atoms with E-state index in [1.807, 2.05) is 36.2 Å². The second-order valence-electron chi connectivity index (χ2n) is 4.55. The molecule has 0 amide bonds. The Morgan fingerprint density at radius 1 is 1.44 bits per heavy atom. The van der Waals surface area contributed by atoms with Gasteiger partial charge in [-0.25, -0.2) is 0 Å². The van der Waals surface area contributed by atoms with E-state index in [4.69, 9.17) is 18.0 Å². The Balaban J connectivity index is 2.99. The Morgan fingerprint density at radius 2 is 2.00 bits per heavy atom. The van der Waals surface area contributed by atoms with Gasteiger partial charge in [-0.1, -0.05) is 24.4 Å². The molecule has 0 aliphatic rings. The van der Waals surface area contributed by atoms with Crippen LogP contribution in [0.4, 0.5) is 5.69 Å². The lowest BCUT2D eigenvalue weighted by atomic mass is 10.1. The molecule has 0 saturated heterocycles. The second kappa shape index (κ2) is 4.80. The van der Waals surface area contributed by atoms with Gasteiger partial charge in [-0.2, -0.15) is 0 Å². The number of likely N-dealkylation sites (N-methyl/N-ethyl adjacent to an activating group) is 1. The predicted molar refractivity (Wildman–Crippen MR) is 71.9 cm³/mol. The van der Waals surface area contributed by atoms with E-state index in [1.165, 1.54) is 0 Å². The lowest BCUT2D eigenvalue weighted by molar-refractivity contribution is 0.0886. The largest absolute Gasteiger partial charge is 0.389 e. The highest BCUT2D eigenvalue weighted by atomic mass is 32.1. The highest BCUT2D eigenvalue weighted by Crippen LogP contribution is 2.20. The first-order valence-electron chi connectivity index (χ1n) is 5.13. The van der Waals surface area contributed by atoms with E-state index in [9.17, 15) is 5.11 Å². The van der Waals surface area contributed by atoms with Gasteiger partial charge in [0, 0.05) is 24.8 Å². The highest BCUT2D eigenvalue weighted by molar-refractivity contribution is 7.80. The number of anilines is 1. The molecule has 0 aliphatic carbocycles. The van der Waals surface area contributed by atoms with Crippen LogP contribution >= 0.6 is 12.2 Å². The van der Waals surface area contributed by atoms with Crippen molar-refractivity contribution in [3.05, 3.63) is 29.8 Å². The van der Waals surface area contributed by atoms with Crippen molar-refractivity contribution in [2.75, 3.05) is 18.5 Å². The van der Waals surface area contributed by atoms with E-state index in [2.05, 4.69) is 0 Å². The summed E-state index contributed by atoms with van der Waals surface area (Å²) in [6, 6.07) is 7.66. The molecular formula is C12H18N2OS. The van der Waals surface area contributed by atoms with Crippen LogP contribution in [-0.4, -0.2) is 29.3 Å². The lowest BCUT2D eigenvalue weighted by Gasteiger charge is -2.28. The SMILES string of the molecule is CN(CC(C)(C)O)c1ccccc1C(N)=S. The number of aliphatic hydroxyl groups is 1. The van der Waals surface area contributed by atoms with Gasteiger partial charge in [-0.15, -0.1) is 0 Å². The number of hydrogen-bond acceptors (Lipinski definition) is 3. The van der Waals surface area contributed by atoms with Crippen molar-refractivity contribution in [2.45, 2.75) is 19.4 Å². The molecule has 0 bridgehead atoms. The van der Waals surface area contributed by atoms with Crippen LogP contribution < -0.4 is 10.6 Å². The first-order chi connectivity index (χ1) is 7.31. The van der Waals surface area contributed by atoms with Crippen LogP contribution in [0.2, 0.25) is 0 Å². The standard InChI is InChI=1S/C12H18N2OS/c1-12(2,15)8-14(3)10-7-5-4-6-9(10)11(13)16/h4-7,15H,8H2,1-3H3,(H2,13,16). The van der Waals surface area contributed by atoms with E-state index < -0.39 is 5.60 Å². The number of nitrogens with zero attached hydrogens (tertiary/aromatic N) is 1. The van der Waals surface area contributed by atoms with Crippen molar-refractivity contribution in [2.24, 2.45) is 5.73 Å². The van der Waals surface area contributed by atoms with Gasteiger partial charge in [0.1, 0.15) is 4.99 Å². The van der Waals surface area contributed by atoms with Gasteiger partial charge in [0.2, 0.25) is 0 Å². The molecule has 0 saturated carbocycles. The fourth-order valence-electron chi connectivity index (χ4n) is 1.68. The van der Waals surface area contributed by atoms with Crippen molar-refractivity contribution < 1.29 is 5.11 Å². The van der Waals surface area contributed by atoms with Crippen molar-refractivity contribution >= 4 is 22.9 Å². The Hall–Kier alpha value is -1.13. The Bertz CT molecular complexity index is 385. The number of nitrogens with two attached hydrogens (primary N) is 1. The Labute approximate surface area is 102 Å². The van der Waals surface area contributed by atoms with E-state index in [0.717, 1.165) is 11.3 Å². The molecule has 4 heteroatoms. The molecule has 0 spiro atoms. The molecule has 0 atom stereocenters. The summed E-state index contributed by atoms with van der Waals surface area (Å²) < 4.78 is 0. The van der Waals surface area contributed by atoms with Crippen LogP contribution in [-0.2, 0) is 0 Å². The maximum Gasteiger partial charge on any atom is 0.106 e. The molecule has 1 aromatic rings. The predicted octanol–water partition coefficient (Wildman–Crippen LogP) is 1.53. The van der Waals surface area contributed by atoms with Crippen LogP contribution in [0.3, 0.4) is 0 Å². The lowest BCUT2D eigenvalue weighted by Crippen LogP contribution is -2.37. The topological polar surface area (TPSA) is 49.5 Å². The zero-order valence-electron chi connectivity index (χ0n) is 9.90. The molecule has 88 valence electrons.